The van der Waals surface area contributed by atoms with Gasteiger partial charge in [0.15, 0.2) is 17.7 Å². The van der Waals surface area contributed by atoms with E-state index in [1.54, 1.807) is 7.05 Å². The lowest BCUT2D eigenvalue weighted by Crippen LogP contribution is -2.33. The number of hydrogen-bond acceptors (Lipinski definition) is 9. The molecule has 1 aliphatic heterocycles. The molecule has 3 rings (SSSR count). The van der Waals surface area contributed by atoms with Gasteiger partial charge in [0.2, 0.25) is 0 Å². The predicted molar refractivity (Wildman–Crippen MR) is 86.1 cm³/mol. The molecule has 10 nitrogen and oxygen atoms in total. The maximum absolute atomic E-state index is 11.2. The van der Waals surface area contributed by atoms with E-state index >= 15 is 0 Å². The number of hydrogen-bond donors (Lipinski definition) is 3. The molecule has 3 N–H and O–H groups in total. The van der Waals surface area contributed by atoms with Crippen LogP contribution < -0.4 is 5.32 Å². The van der Waals surface area contributed by atoms with Gasteiger partial charge >= 0.3 is 6.07 Å². The molecular formula is C11H14Cl2N5O5P. The van der Waals surface area contributed by atoms with Crippen molar-refractivity contribution in [3.8, 4) is 0 Å². The minimum atomic E-state index is -3.77. The van der Waals surface area contributed by atoms with E-state index in [2.05, 4.69) is 20.3 Å². The van der Waals surface area contributed by atoms with E-state index in [9.17, 15) is 14.8 Å². The maximum Gasteiger partial charge on any atom is 0.380 e. The quantitative estimate of drug-likeness (QED) is 0.634. The van der Waals surface area contributed by atoms with Crippen molar-refractivity contribution in [2.24, 2.45) is 0 Å². The number of nitrogens with one attached hydrogen (secondary N) is 1. The lowest BCUT2D eigenvalue weighted by molar-refractivity contribution is -0.0465. The number of imidazole rings is 1. The largest absolute Gasteiger partial charge is 0.387 e. The predicted octanol–water partition coefficient (Wildman–Crippen LogP) is 1.09. The van der Waals surface area contributed by atoms with E-state index in [1.165, 1.54) is 17.2 Å². The van der Waals surface area contributed by atoms with Gasteiger partial charge in [-0.15, -0.1) is 0 Å². The Kier molecular flexibility index (Phi) is 4.99. The fourth-order valence-electron chi connectivity index (χ4n) is 2.48. The van der Waals surface area contributed by atoms with Crippen molar-refractivity contribution in [3.63, 3.8) is 0 Å². The topological polar surface area (TPSA) is 132 Å². The van der Waals surface area contributed by atoms with Gasteiger partial charge in [0.1, 0.15) is 30.2 Å². The third kappa shape index (κ3) is 3.36. The summed E-state index contributed by atoms with van der Waals surface area (Å²) in [5, 5.41) is 23.2. The van der Waals surface area contributed by atoms with Crippen LogP contribution in [-0.4, -0.2) is 61.7 Å². The third-order valence-corrected chi connectivity index (χ3v) is 4.63. The Morgan fingerprint density at radius 1 is 1.38 bits per heavy atom. The molecule has 2 aromatic rings. The minimum Gasteiger partial charge on any atom is -0.387 e. The molecule has 13 heteroatoms. The SMILES string of the molecule is CNc1ncnc2c1ncn2[C@@H]1O[C@H](COP(=O)(Cl)Cl)[C@H](O)C1O. The number of ether oxygens (including phenoxy) is 1. The molecule has 0 amide bonds. The fraction of sp³-hybridized carbons (Fsp3) is 0.545. The van der Waals surface area contributed by atoms with E-state index in [4.69, 9.17) is 31.7 Å². The summed E-state index contributed by atoms with van der Waals surface area (Å²) in [6.07, 6.45) is -5.54. The Bertz CT molecular complexity index is 785. The van der Waals surface area contributed by atoms with Crippen molar-refractivity contribution >= 4 is 45.5 Å². The van der Waals surface area contributed by atoms with Crippen LogP contribution in [-0.2, 0) is 13.8 Å². The molecule has 0 aliphatic carbocycles. The second kappa shape index (κ2) is 6.72. The van der Waals surface area contributed by atoms with Gasteiger partial charge in [-0.25, -0.2) is 15.0 Å². The molecule has 1 saturated heterocycles. The summed E-state index contributed by atoms with van der Waals surface area (Å²) < 4.78 is 23.0. The monoisotopic (exact) mass is 397 g/mol. The zero-order valence-electron chi connectivity index (χ0n) is 12.3. The van der Waals surface area contributed by atoms with Crippen molar-refractivity contribution in [1.29, 1.82) is 0 Å². The molecule has 1 fully saturated rings. The zero-order valence-corrected chi connectivity index (χ0v) is 14.7. The summed E-state index contributed by atoms with van der Waals surface area (Å²) >= 11 is 10.6. The summed E-state index contributed by atoms with van der Waals surface area (Å²) in [4.78, 5) is 12.4. The molecule has 0 bridgehead atoms. The molecule has 132 valence electrons. The number of fused-ring (bicyclic) bond motifs is 1. The number of aromatic nitrogens is 4. The van der Waals surface area contributed by atoms with Crippen molar-refractivity contribution in [3.05, 3.63) is 12.7 Å². The Morgan fingerprint density at radius 3 is 2.79 bits per heavy atom. The molecule has 24 heavy (non-hydrogen) atoms. The van der Waals surface area contributed by atoms with E-state index in [-0.39, 0.29) is 6.61 Å². The summed E-state index contributed by atoms with van der Waals surface area (Å²) in [6, 6.07) is 0. The summed E-state index contributed by atoms with van der Waals surface area (Å²) in [7, 11) is 1.69. The summed E-state index contributed by atoms with van der Waals surface area (Å²) in [6.45, 7) is -0.345. The molecule has 2 aromatic heterocycles. The van der Waals surface area contributed by atoms with Crippen LogP contribution in [0.2, 0.25) is 0 Å². The van der Waals surface area contributed by atoms with Crippen LogP contribution in [0.25, 0.3) is 11.2 Å². The van der Waals surface area contributed by atoms with Crippen LogP contribution in [0.4, 0.5) is 5.82 Å². The average Bonchev–Trinajstić information content (AvgIpc) is 3.07. The minimum absolute atomic E-state index is 0.345. The highest BCUT2D eigenvalue weighted by molar-refractivity contribution is 8.05. The first kappa shape index (κ1) is 17.8. The molecule has 0 spiro atoms. The van der Waals surface area contributed by atoms with Crippen LogP contribution in [0, 0.1) is 0 Å². The number of aliphatic hydroxyl groups excluding tert-OH is 2. The van der Waals surface area contributed by atoms with E-state index in [0.717, 1.165) is 0 Å². The van der Waals surface area contributed by atoms with Crippen molar-refractivity contribution in [2.75, 3.05) is 19.0 Å². The van der Waals surface area contributed by atoms with Crippen molar-refractivity contribution in [2.45, 2.75) is 24.5 Å². The van der Waals surface area contributed by atoms with Gasteiger partial charge in [-0.05, 0) is 22.5 Å². The van der Waals surface area contributed by atoms with Crippen LogP contribution in [0.5, 0.6) is 0 Å². The van der Waals surface area contributed by atoms with Gasteiger partial charge in [-0.1, -0.05) is 0 Å². The van der Waals surface area contributed by atoms with Gasteiger partial charge in [-0.2, -0.15) is 0 Å². The normalized spacial score (nSPS) is 27.7. The average molecular weight is 398 g/mol. The first-order valence-corrected chi connectivity index (χ1v) is 10.3. The molecule has 4 atom stereocenters. The van der Waals surface area contributed by atoms with E-state index in [0.29, 0.717) is 17.0 Å². The highest BCUT2D eigenvalue weighted by Gasteiger charge is 2.45. The first-order valence-electron chi connectivity index (χ1n) is 6.82. The summed E-state index contributed by atoms with van der Waals surface area (Å²) in [5.74, 6) is 0.511. The van der Waals surface area contributed by atoms with E-state index in [1.807, 2.05) is 0 Å². The molecule has 0 radical (unpaired) electrons. The Labute approximate surface area is 145 Å². The molecule has 3 heterocycles. The standard InChI is InChI=1S/C11H14Cl2N5O5P/c1-14-9-6-10(16-3-15-9)18(4-17-6)11-8(20)7(19)5(23-11)2-22-24(12,13)21/h3-5,7-8,11,19-20H,2H2,1H3,(H,14,15,16)/t5-,7+,8?,11-/m1/s1. The Morgan fingerprint density at radius 2 is 2.12 bits per heavy atom. The first-order chi connectivity index (χ1) is 11.3. The lowest BCUT2D eigenvalue weighted by atomic mass is 10.1. The highest BCUT2D eigenvalue weighted by atomic mass is 35.9. The summed E-state index contributed by atoms with van der Waals surface area (Å²) in [5.41, 5.74) is 0.892. The molecule has 0 saturated carbocycles. The highest BCUT2D eigenvalue weighted by Crippen LogP contribution is 2.57. The number of aliphatic hydroxyl groups is 2. The van der Waals surface area contributed by atoms with Gasteiger partial charge < -0.3 is 24.8 Å². The van der Waals surface area contributed by atoms with Crippen LogP contribution >= 0.6 is 28.6 Å². The number of rotatable bonds is 5. The number of nitrogens with zero attached hydrogens (tertiary/aromatic N) is 4. The Balaban J connectivity index is 1.86. The van der Waals surface area contributed by atoms with Crippen LogP contribution in [0.3, 0.4) is 0 Å². The second-order valence-electron chi connectivity index (χ2n) is 5.05. The fourth-order valence-corrected chi connectivity index (χ4v) is 3.14. The third-order valence-electron chi connectivity index (χ3n) is 3.60. The van der Waals surface area contributed by atoms with Gasteiger partial charge in [-0.3, -0.25) is 9.13 Å². The van der Waals surface area contributed by atoms with Crippen LogP contribution in [0.15, 0.2) is 12.7 Å². The lowest BCUT2D eigenvalue weighted by Gasteiger charge is -2.16. The van der Waals surface area contributed by atoms with E-state index < -0.39 is 30.6 Å². The molecule has 1 aliphatic rings. The number of halogens is 2. The molecule has 0 aromatic carbocycles. The van der Waals surface area contributed by atoms with Gasteiger partial charge in [0, 0.05) is 7.05 Å². The van der Waals surface area contributed by atoms with Crippen LogP contribution in [0.1, 0.15) is 6.23 Å². The van der Waals surface area contributed by atoms with Gasteiger partial charge in [0.05, 0.1) is 12.9 Å². The van der Waals surface area contributed by atoms with Crippen molar-refractivity contribution in [1.82, 2.24) is 19.5 Å². The van der Waals surface area contributed by atoms with Gasteiger partial charge in [0.25, 0.3) is 0 Å². The Hall–Kier alpha value is -1.00. The molecule has 1 unspecified atom stereocenters. The second-order valence-corrected chi connectivity index (χ2v) is 9.33. The smallest absolute Gasteiger partial charge is 0.380 e. The zero-order chi connectivity index (χ0) is 17.5. The van der Waals surface area contributed by atoms with Crippen molar-refractivity contribution < 1.29 is 24.0 Å². The maximum atomic E-state index is 11.2. The number of anilines is 1. The molecular weight excluding hydrogens is 384 g/mol.